The van der Waals surface area contributed by atoms with E-state index in [2.05, 4.69) is 41.2 Å². The number of hydrogen-bond acceptors (Lipinski definition) is 5. The molecule has 3 rings (SSSR count). The molecule has 0 amide bonds. The molecule has 2 unspecified atom stereocenters. The largest absolute Gasteiger partial charge is 0.390 e. The molecule has 1 aliphatic rings. The van der Waals surface area contributed by atoms with Gasteiger partial charge in [0.2, 0.25) is 0 Å². The summed E-state index contributed by atoms with van der Waals surface area (Å²) < 4.78 is 5.58. The van der Waals surface area contributed by atoms with Gasteiger partial charge in [-0.25, -0.2) is 0 Å². The van der Waals surface area contributed by atoms with Gasteiger partial charge in [0.25, 0.3) is 0 Å². The number of rotatable bonds is 10. The zero-order valence-electron chi connectivity index (χ0n) is 17.6. The quantitative estimate of drug-likeness (QED) is 0.664. The molecule has 5 heteroatoms. The lowest BCUT2D eigenvalue weighted by molar-refractivity contribution is -0.0194. The zero-order valence-corrected chi connectivity index (χ0v) is 17.6. The summed E-state index contributed by atoms with van der Waals surface area (Å²) in [6.07, 6.45) is 0.315. The zero-order chi connectivity index (χ0) is 20.6. The number of nitrogens with zero attached hydrogens (tertiary/aromatic N) is 2. The smallest absolute Gasteiger partial charge is 0.145 e. The third-order valence-electron chi connectivity index (χ3n) is 4.99. The Morgan fingerprint density at radius 1 is 1.14 bits per heavy atom. The van der Waals surface area contributed by atoms with Gasteiger partial charge < -0.3 is 14.7 Å². The molecule has 2 aromatic carbocycles. The first-order chi connectivity index (χ1) is 14.0. The first kappa shape index (κ1) is 21.5. The van der Waals surface area contributed by atoms with Crippen molar-refractivity contribution in [1.29, 1.82) is 0 Å². The van der Waals surface area contributed by atoms with Gasteiger partial charge in [-0.2, -0.15) is 0 Å². The molecule has 0 spiro atoms. The second kappa shape index (κ2) is 10.5. The molecule has 2 aromatic rings. The highest BCUT2D eigenvalue weighted by Gasteiger charge is 2.26. The maximum Gasteiger partial charge on any atom is 0.145 e. The topological polar surface area (TPSA) is 54.3 Å². The Balaban J connectivity index is 1.61. The first-order valence-electron chi connectivity index (χ1n) is 10.4. The summed E-state index contributed by atoms with van der Waals surface area (Å²) in [6, 6.07) is 18.6. The van der Waals surface area contributed by atoms with Crippen molar-refractivity contribution >= 4 is 5.71 Å². The Morgan fingerprint density at radius 3 is 2.59 bits per heavy atom. The lowest BCUT2D eigenvalue weighted by Gasteiger charge is -2.27. The summed E-state index contributed by atoms with van der Waals surface area (Å²) >= 11 is 0. The van der Waals surface area contributed by atoms with Crippen LogP contribution in [0.1, 0.15) is 37.0 Å². The molecule has 0 aromatic heterocycles. The van der Waals surface area contributed by atoms with E-state index in [1.807, 2.05) is 44.2 Å². The van der Waals surface area contributed by atoms with Crippen molar-refractivity contribution in [2.24, 2.45) is 5.16 Å². The van der Waals surface area contributed by atoms with Gasteiger partial charge in [0.1, 0.15) is 6.10 Å². The molecule has 0 fully saturated rings. The average molecular weight is 397 g/mol. The van der Waals surface area contributed by atoms with Crippen LogP contribution in [0.25, 0.3) is 0 Å². The fourth-order valence-corrected chi connectivity index (χ4v) is 3.57. The molecule has 5 nitrogen and oxygen atoms in total. The van der Waals surface area contributed by atoms with E-state index >= 15 is 0 Å². The Bertz CT molecular complexity index is 792. The normalized spacial score (nSPS) is 17.4. The molecule has 2 atom stereocenters. The summed E-state index contributed by atoms with van der Waals surface area (Å²) in [5.74, 6) is 0. The highest BCUT2D eigenvalue weighted by molar-refractivity contribution is 6.02. The molecule has 29 heavy (non-hydrogen) atoms. The van der Waals surface area contributed by atoms with E-state index < -0.39 is 6.10 Å². The minimum absolute atomic E-state index is 0.0217. The second-order valence-electron chi connectivity index (χ2n) is 8.00. The molecule has 1 N–H and O–H groups in total. The Hall–Kier alpha value is -2.21. The molecule has 1 aliphatic heterocycles. The molecule has 0 radical (unpaired) electrons. The Labute approximate surface area is 173 Å². The molecule has 0 saturated heterocycles. The highest BCUT2D eigenvalue weighted by atomic mass is 16.6. The third kappa shape index (κ3) is 6.67. The van der Waals surface area contributed by atoms with Crippen LogP contribution in [0.2, 0.25) is 0 Å². The van der Waals surface area contributed by atoms with E-state index in [9.17, 15) is 5.11 Å². The minimum atomic E-state index is -0.542. The Kier molecular flexibility index (Phi) is 7.81. The van der Waals surface area contributed by atoms with Gasteiger partial charge in [0.05, 0.1) is 24.5 Å². The van der Waals surface area contributed by atoms with Crippen molar-refractivity contribution < 1.29 is 14.7 Å². The molecule has 0 saturated carbocycles. The monoisotopic (exact) mass is 396 g/mol. The van der Waals surface area contributed by atoms with Crippen molar-refractivity contribution in [3.63, 3.8) is 0 Å². The molecule has 0 aliphatic carbocycles. The van der Waals surface area contributed by atoms with Crippen LogP contribution < -0.4 is 0 Å². The van der Waals surface area contributed by atoms with E-state index in [0.29, 0.717) is 19.7 Å². The highest BCUT2D eigenvalue weighted by Crippen LogP contribution is 2.21. The number of aliphatic hydroxyl groups excluding tert-OH is 1. The van der Waals surface area contributed by atoms with E-state index in [0.717, 1.165) is 24.2 Å². The predicted molar refractivity (Wildman–Crippen MR) is 116 cm³/mol. The van der Waals surface area contributed by atoms with Crippen molar-refractivity contribution in [1.82, 2.24) is 4.90 Å². The van der Waals surface area contributed by atoms with Crippen LogP contribution in [0.5, 0.6) is 0 Å². The fourth-order valence-electron chi connectivity index (χ4n) is 3.57. The summed E-state index contributed by atoms with van der Waals surface area (Å²) in [6.45, 7) is 8.36. The number of ether oxygens (including phenoxy) is 1. The Morgan fingerprint density at radius 2 is 1.86 bits per heavy atom. The van der Waals surface area contributed by atoms with E-state index in [-0.39, 0.29) is 12.2 Å². The average Bonchev–Trinajstić information content (AvgIpc) is 3.15. The summed E-state index contributed by atoms with van der Waals surface area (Å²) in [7, 11) is 0. The minimum Gasteiger partial charge on any atom is -0.390 e. The molecular formula is C24H32N2O3. The maximum absolute atomic E-state index is 10.5. The van der Waals surface area contributed by atoms with Crippen molar-refractivity contribution in [3.8, 4) is 0 Å². The van der Waals surface area contributed by atoms with Gasteiger partial charge in [-0.15, -0.1) is 0 Å². The molecular weight excluding hydrogens is 364 g/mol. The van der Waals surface area contributed by atoms with Crippen LogP contribution in [0.3, 0.4) is 0 Å². The number of oxime groups is 1. The van der Waals surface area contributed by atoms with Crippen LogP contribution in [-0.4, -0.2) is 53.7 Å². The van der Waals surface area contributed by atoms with Gasteiger partial charge in [-0.05, 0) is 31.9 Å². The van der Waals surface area contributed by atoms with Crippen LogP contribution in [0.4, 0.5) is 0 Å². The van der Waals surface area contributed by atoms with Crippen molar-refractivity contribution in [2.75, 3.05) is 19.7 Å². The second-order valence-corrected chi connectivity index (χ2v) is 8.00. The van der Waals surface area contributed by atoms with Gasteiger partial charge in [-0.1, -0.05) is 59.8 Å². The summed E-state index contributed by atoms with van der Waals surface area (Å²) in [4.78, 5) is 7.98. The SMILES string of the molecule is Cc1ccccc1C1=NOC(CN(Cc2ccccc2)CC(O)COC(C)C)C1. The number of aryl methyl sites for hydroxylation is 1. The van der Waals surface area contributed by atoms with E-state index in [1.165, 1.54) is 11.1 Å². The van der Waals surface area contributed by atoms with Crippen molar-refractivity contribution in [2.45, 2.75) is 52.0 Å². The summed E-state index contributed by atoms with van der Waals surface area (Å²) in [5.41, 5.74) is 4.56. The summed E-state index contributed by atoms with van der Waals surface area (Å²) in [5, 5.41) is 14.8. The fraction of sp³-hybridized carbons (Fsp3) is 0.458. The lowest BCUT2D eigenvalue weighted by atomic mass is 10.00. The number of benzene rings is 2. The molecule has 156 valence electrons. The molecule has 1 heterocycles. The van der Waals surface area contributed by atoms with E-state index in [1.54, 1.807) is 0 Å². The van der Waals surface area contributed by atoms with Gasteiger partial charge in [-0.3, -0.25) is 4.90 Å². The molecule has 0 bridgehead atoms. The van der Waals surface area contributed by atoms with Crippen LogP contribution >= 0.6 is 0 Å². The van der Waals surface area contributed by atoms with Crippen molar-refractivity contribution in [3.05, 3.63) is 71.3 Å². The van der Waals surface area contributed by atoms with Crippen LogP contribution in [-0.2, 0) is 16.1 Å². The van der Waals surface area contributed by atoms with Gasteiger partial charge in [0, 0.05) is 31.6 Å². The lowest BCUT2D eigenvalue weighted by Crippen LogP contribution is -2.39. The van der Waals surface area contributed by atoms with E-state index in [4.69, 9.17) is 9.57 Å². The predicted octanol–water partition coefficient (Wildman–Crippen LogP) is 3.78. The van der Waals surface area contributed by atoms with Gasteiger partial charge >= 0.3 is 0 Å². The van der Waals surface area contributed by atoms with Gasteiger partial charge in [0.15, 0.2) is 0 Å². The van der Waals surface area contributed by atoms with Crippen LogP contribution in [0, 0.1) is 6.92 Å². The third-order valence-corrected chi connectivity index (χ3v) is 4.99. The number of hydrogen-bond donors (Lipinski definition) is 1. The first-order valence-corrected chi connectivity index (χ1v) is 10.4. The van der Waals surface area contributed by atoms with Crippen LogP contribution in [0.15, 0.2) is 59.8 Å². The standard InChI is InChI=1S/C24H32N2O3/c1-18(2)28-17-21(27)15-26(14-20-10-5-4-6-11-20)16-22-13-24(25-29-22)23-12-8-7-9-19(23)3/h4-12,18,21-22,27H,13-17H2,1-3H3. The number of aliphatic hydroxyl groups is 1. The maximum atomic E-state index is 10.5.